The predicted octanol–water partition coefficient (Wildman–Crippen LogP) is 12.3. The molecule has 1 aliphatic heterocycles. The van der Waals surface area contributed by atoms with E-state index in [2.05, 4.69) is 27.7 Å². The summed E-state index contributed by atoms with van der Waals surface area (Å²) in [6, 6.07) is 6.09. The van der Waals surface area contributed by atoms with Crippen LogP contribution in [0.4, 0.5) is 0 Å². The Hall–Kier alpha value is -0.930. The van der Waals surface area contributed by atoms with E-state index in [-0.39, 0.29) is 10.5 Å². The van der Waals surface area contributed by atoms with Crippen molar-refractivity contribution < 1.29 is 13.2 Å². The van der Waals surface area contributed by atoms with Crippen molar-refractivity contribution in [3.05, 3.63) is 29.8 Å². The average Bonchev–Trinajstić information content (AvgIpc) is 3.28. The van der Waals surface area contributed by atoms with E-state index < -0.39 is 23.2 Å². The molecule has 6 heteroatoms. The molecule has 0 radical (unpaired) electrons. The van der Waals surface area contributed by atoms with E-state index in [1.54, 1.807) is 62.5 Å². The van der Waals surface area contributed by atoms with Crippen molar-refractivity contribution in [2.45, 2.75) is 187 Å². The number of carbonyl (C=O) groups excluding carboxylic acids is 1. The molecular formula is C39H74NO3PS. The monoisotopic (exact) mass is 668 g/mol. The van der Waals surface area contributed by atoms with Gasteiger partial charge < -0.3 is 0 Å². The molecule has 4 nitrogen and oxygen atoms in total. The minimum Gasteiger partial charge on any atom is -0.268 e. The number of hydrogen-bond acceptors (Lipinski definition) is 3. The minimum absolute atomic E-state index is 0.0648. The van der Waals surface area contributed by atoms with Gasteiger partial charge in [0.2, 0.25) is 0 Å². The van der Waals surface area contributed by atoms with Crippen LogP contribution in [-0.2, 0) is 10.0 Å². The molecule has 1 aromatic carbocycles. The first-order chi connectivity index (χ1) is 21.9. The fourth-order valence-electron chi connectivity index (χ4n) is 6.99. The van der Waals surface area contributed by atoms with Crippen LogP contribution in [0.2, 0.25) is 0 Å². The first-order valence-electron chi connectivity index (χ1n) is 19.5. The number of unbranched alkanes of at least 4 members (excludes halogenated alkanes) is 20. The summed E-state index contributed by atoms with van der Waals surface area (Å²) < 4.78 is 24.2. The van der Waals surface area contributed by atoms with Crippen LogP contribution in [0.5, 0.6) is 0 Å². The van der Waals surface area contributed by atoms with Crippen molar-refractivity contribution in [2.24, 2.45) is 0 Å². The Morgan fingerprint density at radius 3 is 1.16 bits per heavy atom. The summed E-state index contributed by atoms with van der Waals surface area (Å²) in [4.78, 5) is 11.1. The van der Waals surface area contributed by atoms with Crippen molar-refractivity contribution >= 4 is 23.2 Å². The molecule has 1 amide bonds. The second-order valence-electron chi connectivity index (χ2n) is 14.0. The molecule has 0 bridgehead atoms. The van der Waals surface area contributed by atoms with E-state index in [0.29, 0.717) is 0 Å². The van der Waals surface area contributed by atoms with Crippen molar-refractivity contribution in [1.82, 2.24) is 4.72 Å². The SMILES string of the molecule is CCCCCCCCCCCCCC[PH](CCCCCC)(CCCCCC)CCCCCC.O=C1NS(=O)(=O)c2ccccc21. The first kappa shape index (κ1) is 42.1. The molecule has 1 aromatic rings. The maximum atomic E-state index is 11.1. The summed E-state index contributed by atoms with van der Waals surface area (Å²) in [7, 11) is -4.60. The van der Waals surface area contributed by atoms with E-state index in [9.17, 15) is 13.2 Å². The van der Waals surface area contributed by atoms with E-state index in [1.807, 2.05) is 4.72 Å². The maximum Gasteiger partial charge on any atom is 0.266 e. The molecule has 0 fully saturated rings. The minimum atomic E-state index is -3.55. The van der Waals surface area contributed by atoms with Crippen molar-refractivity contribution in [2.75, 3.05) is 24.6 Å². The van der Waals surface area contributed by atoms with Crippen molar-refractivity contribution in [3.8, 4) is 0 Å². The number of benzene rings is 1. The Bertz CT molecular complexity index is 934. The molecule has 1 N–H and O–H groups in total. The fourth-order valence-corrected chi connectivity index (χ4v) is 13.7. The second kappa shape index (κ2) is 27.1. The first-order valence-corrected chi connectivity index (χ1v) is 23.8. The van der Waals surface area contributed by atoms with Crippen LogP contribution in [0.15, 0.2) is 29.2 Å². The van der Waals surface area contributed by atoms with Crippen LogP contribution >= 0.6 is 7.26 Å². The Kier molecular flexibility index (Phi) is 25.3. The number of fused-ring (bicyclic) bond motifs is 1. The van der Waals surface area contributed by atoms with Crippen molar-refractivity contribution in [3.63, 3.8) is 0 Å². The smallest absolute Gasteiger partial charge is 0.266 e. The molecule has 0 aliphatic carbocycles. The third-order valence-electron chi connectivity index (χ3n) is 9.89. The molecular weight excluding hydrogens is 593 g/mol. The third kappa shape index (κ3) is 19.5. The summed E-state index contributed by atoms with van der Waals surface area (Å²) in [5, 5.41) is 0. The van der Waals surface area contributed by atoms with Gasteiger partial charge in [0.1, 0.15) is 4.90 Å². The average molecular weight is 668 g/mol. The summed E-state index contributed by atoms with van der Waals surface area (Å²) in [6.45, 7) is 9.42. The number of sulfonamides is 1. The largest absolute Gasteiger partial charge is 0.268 e. The number of rotatable bonds is 28. The van der Waals surface area contributed by atoms with Crippen LogP contribution in [0, 0.1) is 0 Å². The number of carbonyl (C=O) groups is 1. The summed E-state index contributed by atoms with van der Waals surface area (Å²) in [5.74, 6) is -0.550. The van der Waals surface area contributed by atoms with E-state index in [4.69, 9.17) is 0 Å². The Morgan fingerprint density at radius 1 is 0.489 bits per heavy atom. The molecule has 0 aromatic heterocycles. The molecule has 0 saturated carbocycles. The molecule has 1 heterocycles. The van der Waals surface area contributed by atoms with Crippen molar-refractivity contribution in [1.29, 1.82) is 0 Å². The number of amides is 1. The van der Waals surface area contributed by atoms with Crippen LogP contribution in [0.25, 0.3) is 0 Å². The van der Waals surface area contributed by atoms with Crippen LogP contribution in [0.1, 0.15) is 192 Å². The molecule has 0 spiro atoms. The van der Waals surface area contributed by atoms with Crippen LogP contribution < -0.4 is 4.72 Å². The molecule has 0 unspecified atom stereocenters. The fraction of sp³-hybridized carbons (Fsp3) is 0.821. The van der Waals surface area contributed by atoms with Gasteiger partial charge in [-0.25, -0.2) is 13.1 Å². The Balaban J connectivity index is 0.000000689. The van der Waals surface area contributed by atoms with Gasteiger partial charge in [0.25, 0.3) is 15.9 Å². The normalized spacial score (nSPS) is 14.1. The topological polar surface area (TPSA) is 63.2 Å². The van der Waals surface area contributed by atoms with Gasteiger partial charge in [0.15, 0.2) is 0 Å². The summed E-state index contributed by atoms with van der Waals surface area (Å²) in [5.41, 5.74) is 0.220. The van der Waals surface area contributed by atoms with Gasteiger partial charge in [-0.15, -0.1) is 0 Å². The molecule has 1 aliphatic rings. The zero-order valence-electron chi connectivity index (χ0n) is 30.2. The van der Waals surface area contributed by atoms with Gasteiger partial charge in [0, 0.05) is 0 Å². The number of nitrogens with one attached hydrogen (secondary N) is 1. The zero-order chi connectivity index (χ0) is 33.1. The Morgan fingerprint density at radius 2 is 0.800 bits per heavy atom. The van der Waals surface area contributed by atoms with Crippen LogP contribution in [-0.4, -0.2) is 39.0 Å². The summed E-state index contributed by atoms with van der Waals surface area (Å²) >= 11 is 0. The van der Waals surface area contributed by atoms with E-state index >= 15 is 0 Å². The molecule has 0 atom stereocenters. The van der Waals surface area contributed by atoms with Gasteiger partial charge in [-0.3, -0.25) is 4.79 Å². The van der Waals surface area contributed by atoms with Gasteiger partial charge in [-0.1, -0.05) is 25.5 Å². The van der Waals surface area contributed by atoms with Gasteiger partial charge >= 0.3 is 200 Å². The maximum absolute atomic E-state index is 11.1. The quantitative estimate of drug-likeness (QED) is 0.0714. The Labute approximate surface area is 281 Å². The van der Waals surface area contributed by atoms with Crippen LogP contribution in [0.3, 0.4) is 0 Å². The van der Waals surface area contributed by atoms with Gasteiger partial charge in [0.05, 0.1) is 5.56 Å². The van der Waals surface area contributed by atoms with E-state index in [0.717, 1.165) is 0 Å². The zero-order valence-corrected chi connectivity index (χ0v) is 32.1. The number of hydrogen-bond donors (Lipinski definition) is 1. The standard InChI is InChI=1S/C32H69P.C7H5NO3S/c1-5-9-13-17-18-19-20-21-22-23-24-28-32-33(29-25-14-10-6-2,30-26-15-11-7-3)31-27-16-12-8-4;9-7-5-3-1-2-4-6(5)12(10,11)8-7/h33H,5-32H2,1-4H3;1-4H,(H,8,9). The second-order valence-corrected chi connectivity index (χ2v) is 20.7. The summed E-state index contributed by atoms with van der Waals surface area (Å²) in [6.07, 6.45) is 42.3. The van der Waals surface area contributed by atoms with Gasteiger partial charge in [-0.05, 0) is 12.1 Å². The molecule has 45 heavy (non-hydrogen) atoms. The molecule has 264 valence electrons. The third-order valence-corrected chi connectivity index (χ3v) is 16.9. The molecule has 2 rings (SSSR count). The molecule has 0 saturated heterocycles. The van der Waals surface area contributed by atoms with Gasteiger partial charge in [-0.2, -0.15) is 0 Å². The predicted molar refractivity (Wildman–Crippen MR) is 202 cm³/mol. The van der Waals surface area contributed by atoms with E-state index in [1.165, 1.54) is 141 Å².